The number of imidazole rings is 1. The summed E-state index contributed by atoms with van der Waals surface area (Å²) in [4.78, 5) is 22.8. The molecule has 4 rings (SSSR count). The fourth-order valence-electron chi connectivity index (χ4n) is 3.41. The van der Waals surface area contributed by atoms with Crippen molar-refractivity contribution in [1.29, 1.82) is 0 Å². The van der Waals surface area contributed by atoms with Crippen LogP contribution in [0.4, 0.5) is 10.3 Å². The maximum atomic E-state index is 16.0. The number of H-pyrrole nitrogens is 1. The molecule has 9 nitrogen and oxygen atoms in total. The Bertz CT molecular complexity index is 1130. The van der Waals surface area contributed by atoms with Gasteiger partial charge >= 0.3 is 0 Å². The highest BCUT2D eigenvalue weighted by atomic mass is 33.2. The van der Waals surface area contributed by atoms with E-state index in [2.05, 4.69) is 48.8 Å². The van der Waals surface area contributed by atoms with Crippen molar-refractivity contribution in [3.05, 3.63) is 16.7 Å². The Balaban J connectivity index is 1.66. The van der Waals surface area contributed by atoms with Crippen LogP contribution in [0.15, 0.2) is 11.1 Å². The minimum atomic E-state index is -2.34. The summed E-state index contributed by atoms with van der Waals surface area (Å²) in [5.74, 6) is 1.83. The van der Waals surface area contributed by atoms with Crippen molar-refractivity contribution in [2.75, 3.05) is 23.8 Å². The lowest BCUT2D eigenvalue weighted by Gasteiger charge is -2.39. The highest BCUT2D eigenvalue weighted by Crippen LogP contribution is 2.74. The van der Waals surface area contributed by atoms with Gasteiger partial charge in [0.05, 0.1) is 12.9 Å². The molecule has 1 unspecified atom stereocenters. The standard InChI is InChI=1S/C18H29FN5O4PS3Si/c1-18(2,3)33(4,5)28-13-10(8-26-29(30)31-6-7-32-29)27-16(11(13)19)24-9-21-12-14(24)22-17(20)23-15(12)25/h9-11,13,16H,6-8H2,1-5H3,(H3,20,22,23,25)/t10-,11-,13?,16-/m1/s1. The van der Waals surface area contributed by atoms with Crippen molar-refractivity contribution >= 4 is 64.7 Å². The average Bonchev–Trinajstić information content (AvgIpc) is 3.39. The molecule has 184 valence electrons. The topological polar surface area (TPSA) is 117 Å². The molecule has 2 aliphatic rings. The molecule has 2 saturated heterocycles. The van der Waals surface area contributed by atoms with Crippen LogP contribution >= 0.6 is 27.4 Å². The summed E-state index contributed by atoms with van der Waals surface area (Å²) in [5, 5.41) is -0.120. The Morgan fingerprint density at radius 1 is 1.42 bits per heavy atom. The van der Waals surface area contributed by atoms with E-state index in [4.69, 9.17) is 31.2 Å². The third-order valence-corrected chi connectivity index (χ3v) is 20.5. The van der Waals surface area contributed by atoms with Gasteiger partial charge in [0.25, 0.3) is 5.56 Å². The summed E-state index contributed by atoms with van der Waals surface area (Å²) in [7, 11) is -2.34. The lowest BCUT2D eigenvalue weighted by molar-refractivity contribution is -0.0378. The van der Waals surface area contributed by atoms with Crippen molar-refractivity contribution in [3.8, 4) is 0 Å². The first-order valence-electron chi connectivity index (χ1n) is 10.5. The van der Waals surface area contributed by atoms with Crippen LogP contribution in [0.5, 0.6) is 0 Å². The third kappa shape index (κ3) is 5.08. The summed E-state index contributed by atoms with van der Waals surface area (Å²) in [6.45, 7) is 10.6. The van der Waals surface area contributed by atoms with Crippen molar-refractivity contribution in [2.45, 2.75) is 63.5 Å². The third-order valence-electron chi connectivity index (χ3n) is 6.21. The number of aromatic nitrogens is 4. The van der Waals surface area contributed by atoms with Crippen molar-refractivity contribution in [1.82, 2.24) is 19.5 Å². The van der Waals surface area contributed by atoms with Gasteiger partial charge in [0.1, 0.15) is 12.2 Å². The first-order valence-corrected chi connectivity index (χ1v) is 19.4. The van der Waals surface area contributed by atoms with Gasteiger partial charge in [-0.2, -0.15) is 4.98 Å². The number of hydrogen-bond acceptors (Lipinski definition) is 10. The zero-order chi connectivity index (χ0) is 24.2. The van der Waals surface area contributed by atoms with E-state index < -0.39 is 43.2 Å². The van der Waals surface area contributed by atoms with Crippen LogP contribution in [0.25, 0.3) is 11.2 Å². The van der Waals surface area contributed by atoms with E-state index in [1.165, 1.54) is 10.9 Å². The molecule has 0 spiro atoms. The molecule has 33 heavy (non-hydrogen) atoms. The second-order valence-corrected chi connectivity index (χ2v) is 25.0. The molecule has 0 bridgehead atoms. The molecule has 0 saturated carbocycles. The number of nitrogen functional groups attached to an aromatic ring is 1. The van der Waals surface area contributed by atoms with Gasteiger partial charge in [-0.1, -0.05) is 43.5 Å². The second kappa shape index (κ2) is 9.19. The van der Waals surface area contributed by atoms with Crippen LogP contribution in [-0.4, -0.2) is 64.3 Å². The highest BCUT2D eigenvalue weighted by Gasteiger charge is 2.52. The van der Waals surface area contributed by atoms with Crippen LogP contribution in [0.1, 0.15) is 27.0 Å². The molecule has 15 heteroatoms. The maximum absolute atomic E-state index is 16.0. The number of nitrogens with zero attached hydrogens (tertiary/aromatic N) is 3. The van der Waals surface area contributed by atoms with E-state index in [0.717, 1.165) is 11.5 Å². The normalized spacial score (nSPS) is 28.1. The number of fused-ring (bicyclic) bond motifs is 1. The number of aromatic amines is 1. The number of alkyl halides is 1. The van der Waals surface area contributed by atoms with Gasteiger partial charge in [0, 0.05) is 11.5 Å². The van der Waals surface area contributed by atoms with Crippen LogP contribution in [0.3, 0.4) is 0 Å². The number of nitrogens with two attached hydrogens (primary N) is 1. The van der Waals surface area contributed by atoms with Gasteiger partial charge in [-0.3, -0.25) is 14.3 Å². The van der Waals surface area contributed by atoms with Crippen LogP contribution in [0, 0.1) is 0 Å². The van der Waals surface area contributed by atoms with Crippen molar-refractivity contribution < 1.29 is 18.1 Å². The van der Waals surface area contributed by atoms with E-state index in [0.29, 0.717) is 0 Å². The molecule has 2 aliphatic heterocycles. The predicted molar refractivity (Wildman–Crippen MR) is 139 cm³/mol. The number of hydrogen-bond donors (Lipinski definition) is 2. The minimum absolute atomic E-state index is 0.0655. The summed E-state index contributed by atoms with van der Waals surface area (Å²) in [6.07, 6.45) is -2.80. The van der Waals surface area contributed by atoms with Gasteiger partial charge in [-0.15, -0.1) is 0 Å². The average molecular weight is 554 g/mol. The molecule has 3 N–H and O–H groups in total. The highest BCUT2D eigenvalue weighted by molar-refractivity contribution is 9.00. The van der Waals surface area contributed by atoms with E-state index >= 15 is 4.39 Å². The van der Waals surface area contributed by atoms with Crippen molar-refractivity contribution in [3.63, 3.8) is 0 Å². The van der Waals surface area contributed by atoms with E-state index in [1.54, 1.807) is 22.8 Å². The molecule has 2 fully saturated rings. The zero-order valence-corrected chi connectivity index (χ0v) is 23.5. The number of halogens is 1. The molecule has 0 aliphatic carbocycles. The quantitative estimate of drug-likeness (QED) is 0.401. The number of anilines is 1. The minimum Gasteiger partial charge on any atom is -0.408 e. The lowest BCUT2D eigenvalue weighted by atomic mass is 10.1. The van der Waals surface area contributed by atoms with Crippen molar-refractivity contribution in [2.24, 2.45) is 0 Å². The van der Waals surface area contributed by atoms with Crippen LogP contribution in [-0.2, 0) is 25.5 Å². The van der Waals surface area contributed by atoms with E-state index in [-0.39, 0.29) is 28.8 Å². The Kier molecular flexibility index (Phi) is 7.14. The summed E-state index contributed by atoms with van der Waals surface area (Å²) in [5.41, 5.74) is 5.44. The largest absolute Gasteiger partial charge is 0.408 e. The molecule has 0 amide bonds. The number of rotatable bonds is 6. The maximum Gasteiger partial charge on any atom is 0.280 e. The number of nitrogens with one attached hydrogen (secondary N) is 1. The smallest absolute Gasteiger partial charge is 0.280 e. The summed E-state index contributed by atoms with van der Waals surface area (Å²) in [6, 6.07) is 0. The molecular weight excluding hydrogens is 524 g/mol. The zero-order valence-electron chi connectivity index (χ0n) is 19.1. The monoisotopic (exact) mass is 553 g/mol. The number of ether oxygens (including phenoxy) is 1. The molecule has 4 heterocycles. The lowest BCUT2D eigenvalue weighted by Crippen LogP contribution is -2.49. The Morgan fingerprint density at radius 3 is 2.73 bits per heavy atom. The molecular formula is C18H29FN5O4PS3Si. The van der Waals surface area contributed by atoms with Crippen LogP contribution < -0.4 is 11.3 Å². The molecule has 4 atom stereocenters. The molecule has 0 aromatic carbocycles. The molecule has 2 aromatic rings. The predicted octanol–water partition coefficient (Wildman–Crippen LogP) is 4.05. The van der Waals surface area contributed by atoms with Crippen LogP contribution in [0.2, 0.25) is 18.1 Å². The van der Waals surface area contributed by atoms with Gasteiger partial charge in [0.2, 0.25) is 5.95 Å². The summed E-state index contributed by atoms with van der Waals surface area (Å²) >= 11 is 9.01. The first kappa shape index (κ1) is 25.6. The Labute approximate surface area is 205 Å². The Morgan fingerprint density at radius 2 is 2.09 bits per heavy atom. The van der Waals surface area contributed by atoms with Gasteiger partial charge in [0.15, 0.2) is 36.5 Å². The second-order valence-electron chi connectivity index (χ2n) is 9.54. The molecule has 2 aromatic heterocycles. The Hall–Kier alpha value is -0.473. The van der Waals surface area contributed by atoms with Gasteiger partial charge < -0.3 is 19.4 Å². The summed E-state index contributed by atoms with van der Waals surface area (Å²) < 4.78 is 34.1. The van der Waals surface area contributed by atoms with E-state index in [1.807, 2.05) is 0 Å². The fourth-order valence-corrected chi connectivity index (χ4v) is 13.6. The SMILES string of the molecule is CC(C)(C)[Si](C)(C)OC1[C@@H](F)[C@H](n2cnc3c(=O)[nH]c(N)nc32)O[C@@H]1COP1(=S)SCCS1. The fraction of sp³-hybridized carbons (Fsp3) is 0.722. The van der Waals surface area contributed by atoms with E-state index in [9.17, 15) is 4.79 Å². The van der Waals surface area contributed by atoms with Gasteiger partial charge in [-0.25, -0.2) is 9.37 Å². The van der Waals surface area contributed by atoms with Gasteiger partial charge in [-0.05, 0) is 29.9 Å². The molecule has 0 radical (unpaired) electrons. The first-order chi connectivity index (χ1) is 15.3.